The number of allylic oxidation sites excluding steroid dienone is 2. The summed E-state index contributed by atoms with van der Waals surface area (Å²) in [5, 5.41) is 0. The average Bonchev–Trinajstić information content (AvgIpc) is 3.20. The number of likely N-dealkylation sites (N-methyl/N-ethyl adjacent to an activating group) is 1. The van der Waals surface area contributed by atoms with Crippen LogP contribution in [0.3, 0.4) is 0 Å². The summed E-state index contributed by atoms with van der Waals surface area (Å²) < 4.78 is 34.8. The summed E-state index contributed by atoms with van der Waals surface area (Å²) in [6, 6.07) is 0. The number of nitrogens with zero attached hydrogens (tertiary/aromatic N) is 1. The molecule has 0 aliphatic rings. The van der Waals surface area contributed by atoms with Gasteiger partial charge in [-0.05, 0) is 38.5 Å². The monoisotopic (exact) mass is 872 g/mol. The largest absolute Gasteiger partial charge is 0.756 e. The molecule has 0 aromatic rings. The van der Waals surface area contributed by atoms with Crippen molar-refractivity contribution in [3.05, 3.63) is 12.2 Å². The molecule has 0 saturated carbocycles. The van der Waals surface area contributed by atoms with E-state index in [1.165, 1.54) is 199 Å². The third-order valence-corrected chi connectivity index (χ3v) is 12.5. The van der Waals surface area contributed by atoms with Gasteiger partial charge in [0.25, 0.3) is 7.82 Å². The lowest BCUT2D eigenvalue weighted by Gasteiger charge is -2.28. The van der Waals surface area contributed by atoms with Crippen LogP contribution in [0.5, 0.6) is 0 Å². The van der Waals surface area contributed by atoms with Crippen LogP contribution in [0.15, 0.2) is 12.2 Å². The van der Waals surface area contributed by atoms with Crippen molar-refractivity contribution in [1.82, 2.24) is 0 Å². The zero-order valence-electron chi connectivity index (χ0n) is 40.7. The van der Waals surface area contributed by atoms with Crippen LogP contribution in [0.2, 0.25) is 0 Å². The van der Waals surface area contributed by atoms with E-state index >= 15 is 0 Å². The van der Waals surface area contributed by atoms with Gasteiger partial charge in [-0.3, -0.25) is 9.36 Å². The number of unbranched alkanes of at least 4 members (excludes halogenated alkanes) is 33. The van der Waals surface area contributed by atoms with E-state index in [1.54, 1.807) is 0 Å². The van der Waals surface area contributed by atoms with Crippen molar-refractivity contribution in [2.45, 2.75) is 258 Å². The van der Waals surface area contributed by atoms with Gasteiger partial charge >= 0.3 is 5.97 Å². The van der Waals surface area contributed by atoms with E-state index in [0.29, 0.717) is 24.1 Å². The molecule has 2 atom stereocenters. The molecule has 0 aromatic carbocycles. The Bertz CT molecular complexity index is 972. The quantitative estimate of drug-likeness (QED) is 0.0198. The number of hydrogen-bond acceptors (Lipinski definition) is 7. The third kappa shape index (κ3) is 48.3. The van der Waals surface area contributed by atoms with Crippen LogP contribution >= 0.6 is 7.82 Å². The number of esters is 1. The summed E-state index contributed by atoms with van der Waals surface area (Å²) in [5.41, 5.74) is 0. The van der Waals surface area contributed by atoms with Crippen molar-refractivity contribution >= 4 is 13.8 Å². The second-order valence-electron chi connectivity index (χ2n) is 18.9. The van der Waals surface area contributed by atoms with Crippen LogP contribution in [-0.2, 0) is 27.9 Å². The fraction of sp³-hybridized carbons (Fsp3) is 0.941. The lowest BCUT2D eigenvalue weighted by atomic mass is 10.0. The number of carbonyl (C=O) groups excluding carboxylic acids is 1. The number of phosphoric ester groups is 1. The number of ether oxygens (including phenoxy) is 2. The topological polar surface area (TPSA) is 94.1 Å². The van der Waals surface area contributed by atoms with Gasteiger partial charge in [0.05, 0.1) is 34.4 Å². The molecule has 0 rings (SSSR count). The molecule has 0 amide bonds. The van der Waals surface area contributed by atoms with Crippen molar-refractivity contribution < 1.29 is 37.3 Å². The highest BCUT2D eigenvalue weighted by Gasteiger charge is 2.20. The molecule has 8 nitrogen and oxygen atoms in total. The predicted molar refractivity (Wildman–Crippen MR) is 254 cm³/mol. The van der Waals surface area contributed by atoms with Crippen molar-refractivity contribution in [2.75, 3.05) is 54.1 Å². The summed E-state index contributed by atoms with van der Waals surface area (Å²) in [7, 11) is 1.37. The second kappa shape index (κ2) is 44.8. The van der Waals surface area contributed by atoms with Gasteiger partial charge in [0.1, 0.15) is 19.3 Å². The molecular formula is C51H102NO7P. The first-order valence-corrected chi connectivity index (χ1v) is 27.4. The first kappa shape index (κ1) is 59.2. The number of phosphoric acid groups is 1. The number of hydrogen-bond donors (Lipinski definition) is 0. The normalized spacial score (nSPS) is 13.6. The first-order chi connectivity index (χ1) is 29.1. The lowest BCUT2D eigenvalue weighted by Crippen LogP contribution is -2.37. The van der Waals surface area contributed by atoms with E-state index in [-0.39, 0.29) is 25.8 Å². The third-order valence-electron chi connectivity index (χ3n) is 11.6. The van der Waals surface area contributed by atoms with Crippen LogP contribution in [0.4, 0.5) is 0 Å². The summed E-state index contributed by atoms with van der Waals surface area (Å²) in [4.78, 5) is 25.2. The molecule has 0 bridgehead atoms. The fourth-order valence-corrected chi connectivity index (χ4v) is 8.27. The van der Waals surface area contributed by atoms with Crippen molar-refractivity contribution in [3.8, 4) is 0 Å². The SMILES string of the molecule is CCCCCCCC/C=C\CCCCCCCCCCCC(=O)OC(COCCCCCCCCCCCCCCCCCCCCC)COP(=O)([O-])OCC[N+](C)(C)C. The van der Waals surface area contributed by atoms with Crippen LogP contribution in [0.1, 0.15) is 251 Å². The second-order valence-corrected chi connectivity index (χ2v) is 20.3. The Labute approximate surface area is 373 Å². The summed E-state index contributed by atoms with van der Waals surface area (Å²) in [6.45, 7) is 5.47. The molecular weight excluding hydrogens is 770 g/mol. The zero-order chi connectivity index (χ0) is 44.1. The van der Waals surface area contributed by atoms with Crippen LogP contribution in [-0.4, -0.2) is 70.7 Å². The molecule has 0 aliphatic heterocycles. The Morgan fingerprint density at radius 3 is 1.27 bits per heavy atom. The summed E-state index contributed by atoms with van der Waals surface area (Å²) in [5.74, 6) is -0.330. The molecule has 0 aromatic heterocycles. The van der Waals surface area contributed by atoms with Gasteiger partial charge in [-0.2, -0.15) is 0 Å². The summed E-state index contributed by atoms with van der Waals surface area (Å²) >= 11 is 0. The minimum Gasteiger partial charge on any atom is -0.756 e. The molecule has 358 valence electrons. The highest BCUT2D eigenvalue weighted by atomic mass is 31.2. The average molecular weight is 872 g/mol. The van der Waals surface area contributed by atoms with Crippen molar-refractivity contribution in [1.29, 1.82) is 0 Å². The lowest BCUT2D eigenvalue weighted by molar-refractivity contribution is -0.870. The molecule has 0 radical (unpaired) electrons. The molecule has 0 N–H and O–H groups in total. The van der Waals surface area contributed by atoms with E-state index in [2.05, 4.69) is 26.0 Å². The van der Waals surface area contributed by atoms with Crippen molar-refractivity contribution in [3.63, 3.8) is 0 Å². The first-order valence-electron chi connectivity index (χ1n) is 25.9. The minimum atomic E-state index is -4.52. The standard InChI is InChI=1S/C51H102NO7P/c1-6-8-10-12-14-16-18-20-22-24-26-28-30-32-34-36-38-40-42-44-51(53)59-50(49-58-60(54,55)57-47-45-52(3,4)5)48-56-46-43-41-39-37-35-33-31-29-27-25-23-21-19-17-15-13-11-9-7-2/h20,22,50H,6-19,21,23-49H2,1-5H3/b22-20-. The smallest absolute Gasteiger partial charge is 0.306 e. The number of carbonyl (C=O) groups is 1. The Balaban J connectivity index is 4.10. The Morgan fingerprint density at radius 2 is 0.867 bits per heavy atom. The van der Waals surface area contributed by atoms with E-state index < -0.39 is 13.9 Å². The number of rotatable bonds is 49. The molecule has 0 saturated heterocycles. The molecule has 60 heavy (non-hydrogen) atoms. The van der Waals surface area contributed by atoms with E-state index in [4.69, 9.17) is 18.5 Å². The predicted octanol–water partition coefficient (Wildman–Crippen LogP) is 15.2. The molecule has 0 fully saturated rings. The zero-order valence-corrected chi connectivity index (χ0v) is 41.6. The highest BCUT2D eigenvalue weighted by molar-refractivity contribution is 7.45. The Morgan fingerprint density at radius 1 is 0.500 bits per heavy atom. The minimum absolute atomic E-state index is 0.0294. The molecule has 9 heteroatoms. The van der Waals surface area contributed by atoms with E-state index in [9.17, 15) is 14.3 Å². The maximum absolute atomic E-state index is 12.7. The van der Waals surface area contributed by atoms with Crippen LogP contribution in [0, 0.1) is 0 Å². The molecule has 0 spiro atoms. The maximum Gasteiger partial charge on any atom is 0.306 e. The Hall–Kier alpha value is -0.760. The van der Waals surface area contributed by atoms with Gasteiger partial charge < -0.3 is 27.9 Å². The number of quaternary nitrogens is 1. The molecule has 0 aliphatic carbocycles. The van der Waals surface area contributed by atoms with E-state index in [0.717, 1.165) is 32.1 Å². The van der Waals surface area contributed by atoms with Gasteiger partial charge in [0, 0.05) is 13.0 Å². The van der Waals surface area contributed by atoms with E-state index in [1.807, 2.05) is 21.1 Å². The van der Waals surface area contributed by atoms with Crippen LogP contribution < -0.4 is 4.89 Å². The van der Waals surface area contributed by atoms with Gasteiger partial charge in [-0.15, -0.1) is 0 Å². The van der Waals surface area contributed by atoms with Gasteiger partial charge in [-0.25, -0.2) is 0 Å². The van der Waals surface area contributed by atoms with Gasteiger partial charge in [0.2, 0.25) is 0 Å². The molecule has 2 unspecified atom stereocenters. The van der Waals surface area contributed by atoms with Gasteiger partial charge in [-0.1, -0.05) is 219 Å². The summed E-state index contributed by atoms with van der Waals surface area (Å²) in [6.07, 6.45) is 50.9. The van der Waals surface area contributed by atoms with Crippen molar-refractivity contribution in [2.24, 2.45) is 0 Å². The maximum atomic E-state index is 12.7. The van der Waals surface area contributed by atoms with Gasteiger partial charge in [0.15, 0.2) is 0 Å². The fourth-order valence-electron chi connectivity index (χ4n) is 7.54. The van der Waals surface area contributed by atoms with Crippen LogP contribution in [0.25, 0.3) is 0 Å². The Kier molecular flexibility index (Phi) is 44.3. The molecule has 0 heterocycles. The highest BCUT2D eigenvalue weighted by Crippen LogP contribution is 2.38.